The summed E-state index contributed by atoms with van der Waals surface area (Å²) in [5, 5.41) is 9.94. The van der Waals surface area contributed by atoms with Gasteiger partial charge in [0.1, 0.15) is 12.4 Å². The van der Waals surface area contributed by atoms with Gasteiger partial charge < -0.3 is 19.5 Å². The van der Waals surface area contributed by atoms with Gasteiger partial charge in [-0.05, 0) is 41.6 Å². The number of nitrogens with zero attached hydrogens (tertiary/aromatic N) is 3. The minimum atomic E-state index is -0.0168. The van der Waals surface area contributed by atoms with Gasteiger partial charge in [0.25, 0.3) is 0 Å². The number of likely N-dealkylation sites (N-methyl/N-ethyl adjacent to an activating group) is 1. The monoisotopic (exact) mass is 377 g/mol. The number of benzene rings is 1. The molecule has 3 rings (SSSR count). The molecule has 2 aromatic rings. The van der Waals surface area contributed by atoms with Crippen molar-refractivity contribution in [2.75, 3.05) is 25.7 Å². The molecule has 0 unspecified atom stereocenters. The highest BCUT2D eigenvalue weighted by atomic mass is 35.5. The number of hydrogen-bond donors (Lipinski definition) is 1. The number of aliphatic hydroxyl groups is 1. The smallest absolute Gasteiger partial charge is 0.224 e. The second kappa shape index (κ2) is 8.56. The second-order valence-corrected chi connectivity index (χ2v) is 6.93. The number of anilines is 1. The van der Waals surface area contributed by atoms with Crippen molar-refractivity contribution in [3.63, 3.8) is 0 Å². The molecule has 1 aliphatic rings. The molecule has 140 valence electrons. The second-order valence-electron chi connectivity index (χ2n) is 6.59. The van der Waals surface area contributed by atoms with Crippen molar-refractivity contribution >= 4 is 17.4 Å². The van der Waals surface area contributed by atoms with Crippen molar-refractivity contribution in [3.05, 3.63) is 41.3 Å². The standard InChI is InChI=1S/C19H24ClN3O3/c1-23(15(11-24)9-13-3-4-13)18-17(10-21-19(20)22-18)26-12-14-5-7-16(25-2)8-6-14/h5-8,10,13,15,24H,3-4,9,11-12H2,1-2H3/t15-/m0/s1. The molecule has 0 amide bonds. The quantitative estimate of drug-likeness (QED) is 0.676. The van der Waals surface area contributed by atoms with Crippen LogP contribution in [-0.4, -0.2) is 41.9 Å². The summed E-state index contributed by atoms with van der Waals surface area (Å²) in [6.45, 7) is 0.439. The summed E-state index contributed by atoms with van der Waals surface area (Å²) in [4.78, 5) is 10.3. The fraction of sp³-hybridized carbons (Fsp3) is 0.474. The maximum atomic E-state index is 9.78. The molecule has 1 aromatic heterocycles. The number of rotatable bonds is 9. The van der Waals surface area contributed by atoms with Crippen LogP contribution >= 0.6 is 11.6 Å². The molecule has 1 atom stereocenters. The summed E-state index contributed by atoms with van der Waals surface area (Å²) < 4.78 is 11.1. The Labute approximate surface area is 158 Å². The minimum Gasteiger partial charge on any atom is -0.497 e. The van der Waals surface area contributed by atoms with E-state index in [1.54, 1.807) is 13.3 Å². The largest absolute Gasteiger partial charge is 0.497 e. The van der Waals surface area contributed by atoms with E-state index in [-0.39, 0.29) is 17.9 Å². The molecule has 0 bridgehead atoms. The molecule has 6 nitrogen and oxygen atoms in total. The van der Waals surface area contributed by atoms with E-state index in [4.69, 9.17) is 21.1 Å². The van der Waals surface area contributed by atoms with Gasteiger partial charge in [0.05, 0.1) is 26.0 Å². The van der Waals surface area contributed by atoms with Crippen LogP contribution < -0.4 is 14.4 Å². The van der Waals surface area contributed by atoms with Gasteiger partial charge in [-0.3, -0.25) is 0 Å². The fourth-order valence-corrected chi connectivity index (χ4v) is 2.97. The summed E-state index contributed by atoms with van der Waals surface area (Å²) in [6.07, 6.45) is 4.98. The van der Waals surface area contributed by atoms with Crippen molar-refractivity contribution in [3.8, 4) is 11.5 Å². The summed E-state index contributed by atoms with van der Waals surface area (Å²) >= 11 is 6.00. The third-order valence-corrected chi connectivity index (χ3v) is 4.84. The lowest BCUT2D eigenvalue weighted by atomic mass is 10.1. The number of methoxy groups -OCH3 is 1. The average molecular weight is 378 g/mol. The first-order valence-electron chi connectivity index (χ1n) is 8.72. The highest BCUT2D eigenvalue weighted by Gasteiger charge is 2.29. The van der Waals surface area contributed by atoms with Gasteiger partial charge >= 0.3 is 0 Å². The van der Waals surface area contributed by atoms with Crippen molar-refractivity contribution in [1.82, 2.24) is 9.97 Å². The first kappa shape index (κ1) is 18.7. The number of aromatic nitrogens is 2. The molecular formula is C19H24ClN3O3. The third kappa shape index (κ3) is 4.77. The van der Waals surface area contributed by atoms with E-state index in [1.807, 2.05) is 36.2 Å². The summed E-state index contributed by atoms with van der Waals surface area (Å²) in [5.41, 5.74) is 1.01. The van der Waals surface area contributed by atoms with Crippen LogP contribution in [0, 0.1) is 5.92 Å². The van der Waals surface area contributed by atoms with E-state index in [9.17, 15) is 5.11 Å². The fourth-order valence-electron chi connectivity index (χ4n) is 2.84. The van der Waals surface area contributed by atoms with E-state index in [1.165, 1.54) is 12.8 Å². The van der Waals surface area contributed by atoms with Crippen molar-refractivity contribution < 1.29 is 14.6 Å². The molecule has 1 heterocycles. The Bertz CT molecular complexity index is 722. The predicted octanol–water partition coefficient (Wildman–Crippen LogP) is 3.31. The molecule has 1 N–H and O–H groups in total. The Morgan fingerprint density at radius 3 is 2.65 bits per heavy atom. The van der Waals surface area contributed by atoms with Gasteiger partial charge in [0.2, 0.25) is 5.28 Å². The van der Waals surface area contributed by atoms with Crippen LogP contribution in [0.2, 0.25) is 5.28 Å². The van der Waals surface area contributed by atoms with Crippen molar-refractivity contribution in [1.29, 1.82) is 0 Å². The van der Waals surface area contributed by atoms with Gasteiger partial charge in [-0.1, -0.05) is 25.0 Å². The van der Waals surface area contributed by atoms with Gasteiger partial charge in [0, 0.05) is 7.05 Å². The Kier molecular flexibility index (Phi) is 6.16. The van der Waals surface area contributed by atoms with Crippen LogP contribution in [0.5, 0.6) is 11.5 Å². The summed E-state index contributed by atoms with van der Waals surface area (Å²) in [6, 6.07) is 7.66. The normalized spacial score (nSPS) is 14.8. The van der Waals surface area contributed by atoms with Crippen molar-refractivity contribution in [2.24, 2.45) is 5.92 Å². The molecule has 1 aliphatic carbocycles. The molecule has 0 radical (unpaired) electrons. The summed E-state index contributed by atoms with van der Waals surface area (Å²) in [5.74, 6) is 2.63. The third-order valence-electron chi connectivity index (χ3n) is 4.66. The molecule has 0 spiro atoms. The van der Waals surface area contributed by atoms with E-state index in [0.717, 1.165) is 17.7 Å². The van der Waals surface area contributed by atoms with Crippen LogP contribution in [0.4, 0.5) is 5.82 Å². The molecule has 1 aromatic carbocycles. The maximum Gasteiger partial charge on any atom is 0.224 e. The Hall–Kier alpha value is -2.05. The van der Waals surface area contributed by atoms with Gasteiger partial charge in [-0.2, -0.15) is 4.98 Å². The highest BCUT2D eigenvalue weighted by molar-refractivity contribution is 6.28. The highest BCUT2D eigenvalue weighted by Crippen LogP contribution is 2.36. The molecular weight excluding hydrogens is 354 g/mol. The lowest BCUT2D eigenvalue weighted by molar-refractivity contribution is 0.249. The number of hydrogen-bond acceptors (Lipinski definition) is 6. The summed E-state index contributed by atoms with van der Waals surface area (Å²) in [7, 11) is 3.54. The van der Waals surface area contributed by atoms with Crippen LogP contribution in [0.25, 0.3) is 0 Å². The number of halogens is 1. The zero-order valence-electron chi connectivity index (χ0n) is 15.1. The molecule has 0 saturated heterocycles. The Morgan fingerprint density at radius 1 is 1.31 bits per heavy atom. The zero-order chi connectivity index (χ0) is 18.5. The van der Waals surface area contributed by atoms with Crippen LogP contribution in [0.1, 0.15) is 24.8 Å². The first-order valence-corrected chi connectivity index (χ1v) is 9.10. The SMILES string of the molecule is COc1ccc(COc2cnc(Cl)nc2N(C)[C@H](CO)CC2CC2)cc1. The first-order chi connectivity index (χ1) is 12.6. The Morgan fingerprint density at radius 2 is 2.04 bits per heavy atom. The predicted molar refractivity (Wildman–Crippen MR) is 101 cm³/mol. The molecule has 7 heteroatoms. The lowest BCUT2D eigenvalue weighted by Gasteiger charge is -2.29. The van der Waals surface area contributed by atoms with Crippen molar-refractivity contribution in [2.45, 2.75) is 31.9 Å². The molecule has 26 heavy (non-hydrogen) atoms. The van der Waals surface area contributed by atoms with Gasteiger partial charge in [0.15, 0.2) is 11.6 Å². The number of ether oxygens (including phenoxy) is 2. The van der Waals surface area contributed by atoms with E-state index >= 15 is 0 Å². The minimum absolute atomic E-state index is 0.0168. The molecule has 1 saturated carbocycles. The van der Waals surface area contributed by atoms with E-state index < -0.39 is 0 Å². The lowest BCUT2D eigenvalue weighted by Crippen LogP contribution is -2.36. The van der Waals surface area contributed by atoms with E-state index in [0.29, 0.717) is 24.1 Å². The van der Waals surface area contributed by atoms with Crippen LogP contribution in [0.3, 0.4) is 0 Å². The topological polar surface area (TPSA) is 67.7 Å². The molecule has 0 aliphatic heterocycles. The van der Waals surface area contributed by atoms with Crippen LogP contribution in [-0.2, 0) is 6.61 Å². The van der Waals surface area contributed by atoms with Gasteiger partial charge in [-0.25, -0.2) is 4.98 Å². The Balaban J connectivity index is 1.73. The maximum absolute atomic E-state index is 9.78. The number of aliphatic hydroxyl groups excluding tert-OH is 1. The van der Waals surface area contributed by atoms with Gasteiger partial charge in [-0.15, -0.1) is 0 Å². The average Bonchev–Trinajstić information content (AvgIpc) is 3.49. The molecule has 1 fully saturated rings. The van der Waals surface area contributed by atoms with E-state index in [2.05, 4.69) is 9.97 Å². The van der Waals surface area contributed by atoms with Crippen LogP contribution in [0.15, 0.2) is 30.5 Å². The zero-order valence-corrected chi connectivity index (χ0v) is 15.8.